The first-order valence-corrected chi connectivity index (χ1v) is 5.35. The maximum Gasteiger partial charge on any atom is 0.125 e. The Labute approximate surface area is 91.4 Å². The maximum absolute atomic E-state index is 5.89. The molecule has 1 aromatic carbocycles. The zero-order valence-corrected chi connectivity index (χ0v) is 9.19. The Balaban J connectivity index is 2.49. The van der Waals surface area contributed by atoms with Crippen LogP contribution < -0.4 is 5.73 Å². The Kier molecular flexibility index (Phi) is 2.44. The number of hydrogen-bond acceptors (Lipinski definition) is 3. The number of nitrogen functional groups attached to an aromatic ring is 1. The van der Waals surface area contributed by atoms with Crippen LogP contribution >= 0.6 is 22.9 Å². The first kappa shape index (κ1) is 9.49. The lowest BCUT2D eigenvalue weighted by Crippen LogP contribution is -1.81. The summed E-state index contributed by atoms with van der Waals surface area (Å²) in [6.07, 6.45) is 0. The van der Waals surface area contributed by atoms with E-state index in [0.29, 0.717) is 5.02 Å². The molecular formula is C10H9ClN2S. The van der Waals surface area contributed by atoms with Gasteiger partial charge in [0.25, 0.3) is 0 Å². The lowest BCUT2D eigenvalue weighted by Gasteiger charge is -1.95. The predicted molar refractivity (Wildman–Crippen MR) is 61.7 cm³/mol. The van der Waals surface area contributed by atoms with Gasteiger partial charge in [-0.25, -0.2) is 4.98 Å². The normalized spacial score (nSPS) is 10.4. The van der Waals surface area contributed by atoms with Crippen LogP contribution in [0, 0.1) is 6.92 Å². The highest BCUT2D eigenvalue weighted by Crippen LogP contribution is 2.30. The predicted octanol–water partition coefficient (Wildman–Crippen LogP) is 3.35. The number of hydrogen-bond donors (Lipinski definition) is 1. The third kappa shape index (κ3) is 1.74. The summed E-state index contributed by atoms with van der Waals surface area (Å²) in [5, 5.41) is 2.40. The first-order chi connectivity index (χ1) is 6.66. The van der Waals surface area contributed by atoms with Gasteiger partial charge in [0.05, 0.1) is 5.69 Å². The minimum atomic E-state index is 0.717. The number of nitrogens with zero attached hydrogens (tertiary/aromatic N) is 1. The van der Waals surface area contributed by atoms with Gasteiger partial charge in [0, 0.05) is 10.6 Å². The number of thiazole rings is 1. The zero-order chi connectivity index (χ0) is 10.1. The Hall–Kier alpha value is -1.06. The minimum absolute atomic E-state index is 0.717. The highest BCUT2D eigenvalue weighted by atomic mass is 35.5. The number of nitrogens with two attached hydrogens (primary N) is 1. The molecule has 0 amide bonds. The van der Waals surface area contributed by atoms with E-state index in [1.807, 2.05) is 31.2 Å². The van der Waals surface area contributed by atoms with E-state index < -0.39 is 0 Å². The van der Waals surface area contributed by atoms with Crippen molar-refractivity contribution in [2.45, 2.75) is 6.92 Å². The van der Waals surface area contributed by atoms with Crippen LogP contribution in [0.1, 0.15) is 5.69 Å². The molecule has 0 bridgehead atoms. The van der Waals surface area contributed by atoms with Gasteiger partial charge in [-0.1, -0.05) is 35.1 Å². The quantitative estimate of drug-likeness (QED) is 0.807. The molecule has 0 aliphatic carbocycles. The van der Waals surface area contributed by atoms with Crippen LogP contribution in [0.4, 0.5) is 5.00 Å². The van der Waals surface area contributed by atoms with Crippen molar-refractivity contribution in [3.05, 3.63) is 35.0 Å². The van der Waals surface area contributed by atoms with Crippen LogP contribution in [0.15, 0.2) is 24.3 Å². The second-order valence-corrected chi connectivity index (χ2v) is 4.45. The highest BCUT2D eigenvalue weighted by molar-refractivity contribution is 7.18. The summed E-state index contributed by atoms with van der Waals surface area (Å²) >= 11 is 7.37. The van der Waals surface area contributed by atoms with Crippen molar-refractivity contribution in [2.75, 3.05) is 5.73 Å². The van der Waals surface area contributed by atoms with Crippen LogP contribution in [0.2, 0.25) is 5.02 Å². The van der Waals surface area contributed by atoms with Crippen molar-refractivity contribution in [1.82, 2.24) is 4.98 Å². The van der Waals surface area contributed by atoms with Crippen molar-refractivity contribution in [2.24, 2.45) is 0 Å². The lowest BCUT2D eigenvalue weighted by molar-refractivity contribution is 1.27. The van der Waals surface area contributed by atoms with E-state index in [9.17, 15) is 0 Å². The van der Waals surface area contributed by atoms with Crippen molar-refractivity contribution in [1.29, 1.82) is 0 Å². The van der Waals surface area contributed by atoms with Gasteiger partial charge in [-0.05, 0) is 19.1 Å². The van der Waals surface area contributed by atoms with E-state index in [2.05, 4.69) is 4.98 Å². The average molecular weight is 225 g/mol. The van der Waals surface area contributed by atoms with E-state index in [4.69, 9.17) is 17.3 Å². The van der Waals surface area contributed by atoms with Gasteiger partial charge in [-0.2, -0.15) is 0 Å². The van der Waals surface area contributed by atoms with E-state index in [1.165, 1.54) is 11.3 Å². The van der Waals surface area contributed by atoms with Crippen molar-refractivity contribution in [3.63, 3.8) is 0 Å². The van der Waals surface area contributed by atoms with Crippen LogP contribution in [0.5, 0.6) is 0 Å². The molecule has 2 aromatic rings. The summed E-state index contributed by atoms with van der Waals surface area (Å²) in [5.41, 5.74) is 7.63. The van der Waals surface area contributed by atoms with Crippen molar-refractivity contribution >= 4 is 27.9 Å². The number of aromatic nitrogens is 1. The van der Waals surface area contributed by atoms with Crippen molar-refractivity contribution < 1.29 is 0 Å². The molecule has 1 heterocycles. The summed E-state index contributed by atoms with van der Waals surface area (Å²) in [7, 11) is 0. The van der Waals surface area contributed by atoms with Gasteiger partial charge < -0.3 is 5.73 Å². The minimum Gasteiger partial charge on any atom is -0.389 e. The standard InChI is InChI=1S/C10H9ClN2S/c1-6-9(12)14-10(13-6)7-3-2-4-8(11)5-7/h2-5H,12H2,1H3. The number of anilines is 1. The summed E-state index contributed by atoms with van der Waals surface area (Å²) in [5.74, 6) is 0. The lowest BCUT2D eigenvalue weighted by atomic mass is 10.2. The fourth-order valence-electron chi connectivity index (χ4n) is 1.15. The van der Waals surface area contributed by atoms with Crippen LogP contribution in [-0.4, -0.2) is 4.98 Å². The molecular weight excluding hydrogens is 216 g/mol. The number of aryl methyl sites for hydroxylation is 1. The molecule has 0 aliphatic rings. The summed E-state index contributed by atoms with van der Waals surface area (Å²) in [4.78, 5) is 4.36. The summed E-state index contributed by atoms with van der Waals surface area (Å²) in [6, 6.07) is 7.61. The van der Waals surface area contributed by atoms with E-state index >= 15 is 0 Å². The van der Waals surface area contributed by atoms with Crippen molar-refractivity contribution in [3.8, 4) is 10.6 Å². The van der Waals surface area contributed by atoms with Crippen LogP contribution in [-0.2, 0) is 0 Å². The molecule has 0 fully saturated rings. The third-order valence-electron chi connectivity index (χ3n) is 1.90. The Morgan fingerprint density at radius 1 is 1.43 bits per heavy atom. The summed E-state index contributed by atoms with van der Waals surface area (Å²) in [6.45, 7) is 1.90. The summed E-state index contributed by atoms with van der Waals surface area (Å²) < 4.78 is 0. The number of rotatable bonds is 1. The molecule has 0 saturated carbocycles. The monoisotopic (exact) mass is 224 g/mol. The molecule has 1 aromatic heterocycles. The molecule has 0 spiro atoms. The highest BCUT2D eigenvalue weighted by Gasteiger charge is 2.06. The van der Waals surface area contributed by atoms with Gasteiger partial charge in [-0.3, -0.25) is 0 Å². The van der Waals surface area contributed by atoms with E-state index in [1.54, 1.807) is 0 Å². The van der Waals surface area contributed by atoms with Gasteiger partial charge >= 0.3 is 0 Å². The SMILES string of the molecule is Cc1nc(-c2cccc(Cl)c2)sc1N. The molecule has 2 nitrogen and oxygen atoms in total. The Bertz CT molecular complexity index is 445. The molecule has 0 aliphatic heterocycles. The Morgan fingerprint density at radius 2 is 2.21 bits per heavy atom. The van der Waals surface area contributed by atoms with Gasteiger partial charge in [-0.15, -0.1) is 0 Å². The van der Waals surface area contributed by atoms with Crippen LogP contribution in [0.25, 0.3) is 10.6 Å². The van der Waals surface area contributed by atoms with Gasteiger partial charge in [0.1, 0.15) is 10.0 Å². The van der Waals surface area contributed by atoms with Gasteiger partial charge in [0.15, 0.2) is 0 Å². The second-order valence-electron chi connectivity index (χ2n) is 2.98. The molecule has 0 unspecified atom stereocenters. The molecule has 0 radical (unpaired) electrons. The molecule has 14 heavy (non-hydrogen) atoms. The van der Waals surface area contributed by atoms with E-state index in [0.717, 1.165) is 21.3 Å². The fraction of sp³-hybridized carbons (Fsp3) is 0.100. The molecule has 2 N–H and O–H groups in total. The molecule has 72 valence electrons. The molecule has 0 saturated heterocycles. The number of benzene rings is 1. The van der Waals surface area contributed by atoms with Gasteiger partial charge in [0.2, 0.25) is 0 Å². The maximum atomic E-state index is 5.89. The van der Waals surface area contributed by atoms with E-state index in [-0.39, 0.29) is 0 Å². The number of halogens is 1. The molecule has 2 rings (SSSR count). The molecule has 0 atom stereocenters. The Morgan fingerprint density at radius 3 is 2.79 bits per heavy atom. The second kappa shape index (κ2) is 3.59. The smallest absolute Gasteiger partial charge is 0.125 e. The van der Waals surface area contributed by atoms with Crippen LogP contribution in [0.3, 0.4) is 0 Å². The molecule has 4 heteroatoms. The average Bonchev–Trinajstić information content (AvgIpc) is 2.47. The fourth-order valence-corrected chi connectivity index (χ4v) is 2.17. The third-order valence-corrected chi connectivity index (χ3v) is 3.17. The first-order valence-electron chi connectivity index (χ1n) is 4.15. The topological polar surface area (TPSA) is 38.9 Å². The zero-order valence-electron chi connectivity index (χ0n) is 7.62. The largest absolute Gasteiger partial charge is 0.389 e.